The van der Waals surface area contributed by atoms with Crippen LogP contribution >= 0.6 is 0 Å². The van der Waals surface area contributed by atoms with Gasteiger partial charge in [0.05, 0.1) is 0 Å². The lowest BCUT2D eigenvalue weighted by atomic mass is 10.1. The quantitative estimate of drug-likeness (QED) is 0.742. The summed E-state index contributed by atoms with van der Waals surface area (Å²) in [5.74, 6) is 0. The van der Waals surface area contributed by atoms with Crippen molar-refractivity contribution in [3.05, 3.63) is 35.4 Å². The van der Waals surface area contributed by atoms with Gasteiger partial charge in [0.15, 0.2) is 0 Å². The normalized spacial score (nSPS) is 15.6. The maximum absolute atomic E-state index is 12.6. The van der Waals surface area contributed by atoms with Gasteiger partial charge in [-0.1, -0.05) is 31.2 Å². The van der Waals surface area contributed by atoms with E-state index in [0.717, 1.165) is 37.1 Å². The summed E-state index contributed by atoms with van der Waals surface area (Å²) in [4.78, 5) is 0. The Morgan fingerprint density at radius 1 is 1.19 bits per heavy atom. The van der Waals surface area contributed by atoms with E-state index in [1.807, 2.05) is 24.3 Å². The lowest BCUT2D eigenvalue weighted by Gasteiger charge is -2.23. The van der Waals surface area contributed by atoms with Gasteiger partial charge in [-0.15, -0.1) is 0 Å². The second kappa shape index (κ2) is 7.35. The molecule has 1 aliphatic heterocycles. The third-order valence-corrected chi connectivity index (χ3v) is 5.67. The van der Waals surface area contributed by atoms with E-state index < -0.39 is 10.2 Å². The van der Waals surface area contributed by atoms with Crippen molar-refractivity contribution in [3.63, 3.8) is 0 Å². The van der Waals surface area contributed by atoms with Crippen LogP contribution in [0.4, 0.5) is 0 Å². The van der Waals surface area contributed by atoms with Crippen LogP contribution < -0.4 is 5.32 Å². The molecule has 1 aromatic carbocycles. The molecule has 0 unspecified atom stereocenters. The minimum atomic E-state index is -3.36. The molecule has 0 atom stereocenters. The number of benzene rings is 1. The van der Waals surface area contributed by atoms with Crippen LogP contribution in [-0.2, 0) is 23.3 Å². The highest BCUT2D eigenvalue weighted by Crippen LogP contribution is 2.25. The van der Waals surface area contributed by atoms with Gasteiger partial charge in [0.1, 0.15) is 0 Å². The zero-order valence-electron chi connectivity index (χ0n) is 12.9. The van der Waals surface area contributed by atoms with Crippen molar-refractivity contribution < 1.29 is 8.42 Å². The van der Waals surface area contributed by atoms with Crippen molar-refractivity contribution in [1.82, 2.24) is 13.9 Å². The predicted molar refractivity (Wildman–Crippen MR) is 85.0 cm³/mol. The fraction of sp³-hybridized carbons (Fsp3) is 0.600. The molecule has 0 saturated heterocycles. The van der Waals surface area contributed by atoms with Crippen LogP contribution in [-0.4, -0.2) is 43.7 Å². The molecule has 0 amide bonds. The van der Waals surface area contributed by atoms with Crippen LogP contribution in [0.25, 0.3) is 0 Å². The minimum Gasteiger partial charge on any atom is -0.317 e. The summed E-state index contributed by atoms with van der Waals surface area (Å²) in [5.41, 5.74) is 2.22. The summed E-state index contributed by atoms with van der Waals surface area (Å²) < 4.78 is 28.1. The summed E-state index contributed by atoms with van der Waals surface area (Å²) in [5, 5.41) is 3.29. The van der Waals surface area contributed by atoms with E-state index in [-0.39, 0.29) is 0 Å². The molecule has 0 aliphatic carbocycles. The largest absolute Gasteiger partial charge is 0.317 e. The van der Waals surface area contributed by atoms with Crippen LogP contribution in [0, 0.1) is 0 Å². The molecule has 5 nitrogen and oxygen atoms in total. The summed E-state index contributed by atoms with van der Waals surface area (Å²) >= 11 is 0. The topological polar surface area (TPSA) is 52.7 Å². The smallest absolute Gasteiger partial charge is 0.282 e. The van der Waals surface area contributed by atoms with Crippen molar-refractivity contribution in [2.24, 2.45) is 0 Å². The average Bonchev–Trinajstić information content (AvgIpc) is 2.91. The molecule has 1 aliphatic rings. The fourth-order valence-corrected chi connectivity index (χ4v) is 3.86. The maximum atomic E-state index is 12.6. The highest BCUT2D eigenvalue weighted by molar-refractivity contribution is 7.86. The molecule has 118 valence electrons. The zero-order valence-corrected chi connectivity index (χ0v) is 13.7. The number of fused-ring (bicyclic) bond motifs is 1. The van der Waals surface area contributed by atoms with Crippen molar-refractivity contribution >= 4 is 10.2 Å². The molecular formula is C15H25N3O2S. The van der Waals surface area contributed by atoms with Gasteiger partial charge in [0.2, 0.25) is 0 Å². The molecule has 21 heavy (non-hydrogen) atoms. The van der Waals surface area contributed by atoms with E-state index in [2.05, 4.69) is 12.2 Å². The fourth-order valence-electron chi connectivity index (χ4n) is 2.51. The lowest BCUT2D eigenvalue weighted by Crippen LogP contribution is -2.40. The van der Waals surface area contributed by atoms with Gasteiger partial charge in [-0.3, -0.25) is 0 Å². The van der Waals surface area contributed by atoms with E-state index >= 15 is 0 Å². The van der Waals surface area contributed by atoms with E-state index in [0.29, 0.717) is 19.6 Å². The van der Waals surface area contributed by atoms with Gasteiger partial charge in [-0.2, -0.15) is 17.0 Å². The minimum absolute atomic E-state index is 0.483. The highest BCUT2D eigenvalue weighted by Gasteiger charge is 2.31. The van der Waals surface area contributed by atoms with E-state index in [9.17, 15) is 8.42 Å². The summed E-state index contributed by atoms with van der Waals surface area (Å²) in [6, 6.07) is 7.91. The first-order valence-electron chi connectivity index (χ1n) is 7.54. The van der Waals surface area contributed by atoms with Crippen LogP contribution in [0.5, 0.6) is 0 Å². The molecule has 0 fully saturated rings. The Morgan fingerprint density at radius 2 is 1.81 bits per heavy atom. The van der Waals surface area contributed by atoms with Crippen molar-refractivity contribution in [2.75, 3.05) is 26.7 Å². The summed E-state index contributed by atoms with van der Waals surface area (Å²) in [6.45, 7) is 5.47. The predicted octanol–water partition coefficient (Wildman–Crippen LogP) is 1.57. The molecular weight excluding hydrogens is 286 g/mol. The van der Waals surface area contributed by atoms with E-state index in [1.54, 1.807) is 11.4 Å². The lowest BCUT2D eigenvalue weighted by molar-refractivity contribution is 0.364. The monoisotopic (exact) mass is 311 g/mol. The van der Waals surface area contributed by atoms with Crippen LogP contribution in [0.3, 0.4) is 0 Å². The summed E-state index contributed by atoms with van der Waals surface area (Å²) in [6.07, 6.45) is 1.93. The summed E-state index contributed by atoms with van der Waals surface area (Å²) in [7, 11) is -1.70. The molecule has 0 spiro atoms. The van der Waals surface area contributed by atoms with E-state index in [4.69, 9.17) is 0 Å². The first-order chi connectivity index (χ1) is 10.1. The standard InChI is InChI=1S/C15H25N3O2S/c1-3-9-16-10-6-11-17(2)21(19,20)18-12-14-7-4-5-8-15(14)13-18/h4-5,7-8,16H,3,6,9-13H2,1-2H3. The third kappa shape index (κ3) is 4.03. The number of nitrogens with one attached hydrogen (secondary N) is 1. The van der Waals surface area contributed by atoms with E-state index in [1.165, 1.54) is 4.31 Å². The van der Waals surface area contributed by atoms with Gasteiger partial charge < -0.3 is 5.32 Å². The Kier molecular flexibility index (Phi) is 5.75. The second-order valence-corrected chi connectivity index (χ2v) is 7.51. The second-order valence-electron chi connectivity index (χ2n) is 5.47. The maximum Gasteiger partial charge on any atom is 0.282 e. The molecule has 2 rings (SSSR count). The number of rotatable bonds is 8. The van der Waals surface area contributed by atoms with Crippen molar-refractivity contribution in [2.45, 2.75) is 32.9 Å². The van der Waals surface area contributed by atoms with Crippen molar-refractivity contribution in [1.29, 1.82) is 0 Å². The Labute approximate surface area is 128 Å². The molecule has 1 heterocycles. The first kappa shape index (κ1) is 16.4. The first-order valence-corrected chi connectivity index (χ1v) is 8.94. The Balaban J connectivity index is 1.87. The Bertz CT molecular complexity index is 535. The van der Waals surface area contributed by atoms with Crippen LogP contribution in [0.15, 0.2) is 24.3 Å². The number of nitrogens with zero attached hydrogens (tertiary/aromatic N) is 2. The van der Waals surface area contributed by atoms with Gasteiger partial charge in [0, 0.05) is 26.7 Å². The van der Waals surface area contributed by atoms with Crippen LogP contribution in [0.1, 0.15) is 30.9 Å². The zero-order chi connectivity index (χ0) is 15.3. The molecule has 0 aromatic heterocycles. The number of hydrogen-bond acceptors (Lipinski definition) is 3. The van der Waals surface area contributed by atoms with Crippen LogP contribution in [0.2, 0.25) is 0 Å². The van der Waals surface area contributed by atoms with Gasteiger partial charge in [-0.05, 0) is 37.1 Å². The molecule has 0 saturated carbocycles. The Morgan fingerprint density at radius 3 is 2.38 bits per heavy atom. The third-order valence-electron chi connectivity index (χ3n) is 3.79. The molecule has 0 bridgehead atoms. The van der Waals surface area contributed by atoms with Gasteiger partial charge in [-0.25, -0.2) is 0 Å². The average molecular weight is 311 g/mol. The molecule has 6 heteroatoms. The van der Waals surface area contributed by atoms with Gasteiger partial charge >= 0.3 is 0 Å². The van der Waals surface area contributed by atoms with Gasteiger partial charge in [0.25, 0.3) is 10.2 Å². The van der Waals surface area contributed by atoms with Crippen molar-refractivity contribution in [3.8, 4) is 0 Å². The highest BCUT2D eigenvalue weighted by atomic mass is 32.2. The molecule has 1 N–H and O–H groups in total. The molecule has 1 aromatic rings. The number of hydrogen-bond donors (Lipinski definition) is 1. The molecule has 0 radical (unpaired) electrons. The SMILES string of the molecule is CCCNCCCN(C)S(=O)(=O)N1Cc2ccccc2C1. The Hall–Kier alpha value is -0.950.